The highest BCUT2D eigenvalue weighted by Gasteiger charge is 2.23. The van der Waals surface area contributed by atoms with Crippen LogP contribution < -0.4 is 5.32 Å². The standard InChI is InChI=1S/C22H30N4O/c1-4-21(20-8-7-17(2)18(3)14-20)24-22(27)26-12-10-25(11-13-26)16-19-6-5-9-23-15-19/h5-9,14-15,21H,4,10-13,16H2,1-3H3,(H,24,27). The summed E-state index contributed by atoms with van der Waals surface area (Å²) in [5.74, 6) is 0. The molecule has 0 radical (unpaired) electrons. The number of aryl methyl sites for hydroxylation is 2. The second-order valence-electron chi connectivity index (χ2n) is 7.38. The Morgan fingerprint density at radius 2 is 1.93 bits per heavy atom. The van der Waals surface area contributed by atoms with Gasteiger partial charge in [0, 0.05) is 45.1 Å². The quantitative estimate of drug-likeness (QED) is 0.878. The first kappa shape index (κ1) is 19.4. The number of rotatable bonds is 5. The minimum Gasteiger partial charge on any atom is -0.331 e. The van der Waals surface area contributed by atoms with Crippen molar-refractivity contribution in [1.82, 2.24) is 20.1 Å². The van der Waals surface area contributed by atoms with E-state index in [2.05, 4.69) is 60.2 Å². The van der Waals surface area contributed by atoms with E-state index in [4.69, 9.17) is 0 Å². The minimum absolute atomic E-state index is 0.0427. The van der Waals surface area contributed by atoms with Crippen molar-refractivity contribution in [2.75, 3.05) is 26.2 Å². The molecule has 3 rings (SSSR count). The Morgan fingerprint density at radius 3 is 2.56 bits per heavy atom. The SMILES string of the molecule is CCC(NC(=O)N1CCN(Cc2cccnc2)CC1)c1ccc(C)c(C)c1. The van der Waals surface area contributed by atoms with Gasteiger partial charge in [-0.3, -0.25) is 9.88 Å². The van der Waals surface area contributed by atoms with Gasteiger partial charge in [-0.05, 0) is 48.6 Å². The van der Waals surface area contributed by atoms with E-state index in [0.717, 1.165) is 39.1 Å². The Bertz CT molecular complexity index is 754. The van der Waals surface area contributed by atoms with Crippen LogP contribution >= 0.6 is 0 Å². The molecule has 0 saturated carbocycles. The number of hydrogen-bond acceptors (Lipinski definition) is 3. The Morgan fingerprint density at radius 1 is 1.15 bits per heavy atom. The van der Waals surface area contributed by atoms with Gasteiger partial charge in [-0.1, -0.05) is 31.2 Å². The summed E-state index contributed by atoms with van der Waals surface area (Å²) in [6.45, 7) is 10.5. The maximum absolute atomic E-state index is 12.7. The normalized spacial score (nSPS) is 16.2. The second kappa shape index (κ2) is 9.00. The molecule has 1 aliphatic rings. The molecule has 1 aromatic carbocycles. The molecule has 1 aromatic heterocycles. The van der Waals surface area contributed by atoms with E-state index in [1.165, 1.54) is 22.3 Å². The highest BCUT2D eigenvalue weighted by atomic mass is 16.2. The lowest BCUT2D eigenvalue weighted by Crippen LogP contribution is -2.51. The lowest BCUT2D eigenvalue weighted by Gasteiger charge is -2.35. The number of carbonyl (C=O) groups excluding carboxylic acids is 1. The van der Waals surface area contributed by atoms with Gasteiger partial charge >= 0.3 is 6.03 Å². The molecule has 0 bridgehead atoms. The van der Waals surface area contributed by atoms with Gasteiger partial charge in [0.1, 0.15) is 0 Å². The van der Waals surface area contributed by atoms with Crippen LogP contribution in [0, 0.1) is 13.8 Å². The van der Waals surface area contributed by atoms with Crippen LogP contribution in [-0.2, 0) is 6.54 Å². The van der Waals surface area contributed by atoms with Crippen molar-refractivity contribution in [2.24, 2.45) is 0 Å². The van der Waals surface area contributed by atoms with Gasteiger partial charge in [0.15, 0.2) is 0 Å². The molecule has 2 aromatic rings. The van der Waals surface area contributed by atoms with Crippen LogP contribution in [0.3, 0.4) is 0 Å². The zero-order valence-electron chi connectivity index (χ0n) is 16.6. The molecule has 1 fully saturated rings. The number of pyridine rings is 1. The minimum atomic E-state index is 0.0427. The third kappa shape index (κ3) is 5.07. The van der Waals surface area contributed by atoms with E-state index in [1.807, 2.05) is 17.2 Å². The second-order valence-corrected chi connectivity index (χ2v) is 7.38. The Balaban J connectivity index is 1.53. The van der Waals surface area contributed by atoms with Crippen molar-refractivity contribution < 1.29 is 4.79 Å². The highest BCUT2D eigenvalue weighted by Crippen LogP contribution is 2.20. The summed E-state index contributed by atoms with van der Waals surface area (Å²) in [6.07, 6.45) is 4.59. The molecule has 5 heteroatoms. The smallest absolute Gasteiger partial charge is 0.317 e. The number of piperazine rings is 1. The summed E-state index contributed by atoms with van der Waals surface area (Å²) in [5, 5.41) is 3.22. The van der Waals surface area contributed by atoms with E-state index in [-0.39, 0.29) is 12.1 Å². The number of nitrogens with one attached hydrogen (secondary N) is 1. The van der Waals surface area contributed by atoms with Gasteiger partial charge < -0.3 is 10.2 Å². The summed E-state index contributed by atoms with van der Waals surface area (Å²) in [4.78, 5) is 21.2. The van der Waals surface area contributed by atoms with Gasteiger partial charge in [0.2, 0.25) is 0 Å². The molecular formula is C22H30N4O. The van der Waals surface area contributed by atoms with Gasteiger partial charge in [-0.25, -0.2) is 4.79 Å². The van der Waals surface area contributed by atoms with Crippen LogP contribution in [0.15, 0.2) is 42.7 Å². The fourth-order valence-corrected chi connectivity index (χ4v) is 3.50. The third-order valence-electron chi connectivity index (χ3n) is 5.43. The molecule has 1 N–H and O–H groups in total. The van der Waals surface area contributed by atoms with Crippen LogP contribution in [-0.4, -0.2) is 47.0 Å². The Kier molecular flexibility index (Phi) is 6.45. The summed E-state index contributed by atoms with van der Waals surface area (Å²) in [7, 11) is 0. The zero-order chi connectivity index (χ0) is 19.2. The molecule has 2 heterocycles. The molecule has 1 saturated heterocycles. The Labute approximate surface area is 162 Å². The summed E-state index contributed by atoms with van der Waals surface area (Å²) >= 11 is 0. The van der Waals surface area contributed by atoms with Crippen LogP contribution in [0.2, 0.25) is 0 Å². The number of urea groups is 1. The molecule has 2 amide bonds. The third-order valence-corrected chi connectivity index (χ3v) is 5.43. The topological polar surface area (TPSA) is 48.5 Å². The van der Waals surface area contributed by atoms with Crippen molar-refractivity contribution in [3.63, 3.8) is 0 Å². The summed E-state index contributed by atoms with van der Waals surface area (Å²) in [5.41, 5.74) is 4.95. The van der Waals surface area contributed by atoms with Gasteiger partial charge in [0.05, 0.1) is 6.04 Å². The van der Waals surface area contributed by atoms with Crippen molar-refractivity contribution >= 4 is 6.03 Å². The number of amides is 2. The number of aromatic nitrogens is 1. The first-order chi connectivity index (χ1) is 13.1. The zero-order valence-corrected chi connectivity index (χ0v) is 16.6. The van der Waals surface area contributed by atoms with Gasteiger partial charge in [-0.15, -0.1) is 0 Å². The molecule has 27 heavy (non-hydrogen) atoms. The van der Waals surface area contributed by atoms with Gasteiger partial charge in [-0.2, -0.15) is 0 Å². The summed E-state index contributed by atoms with van der Waals surface area (Å²) in [6, 6.07) is 10.6. The van der Waals surface area contributed by atoms with E-state index in [1.54, 1.807) is 6.20 Å². The number of benzene rings is 1. The van der Waals surface area contributed by atoms with E-state index in [9.17, 15) is 4.79 Å². The maximum atomic E-state index is 12.7. The first-order valence-electron chi connectivity index (χ1n) is 9.80. The summed E-state index contributed by atoms with van der Waals surface area (Å²) < 4.78 is 0. The number of nitrogens with zero attached hydrogens (tertiary/aromatic N) is 3. The average molecular weight is 367 g/mol. The molecular weight excluding hydrogens is 336 g/mol. The van der Waals surface area contributed by atoms with Crippen LogP contribution in [0.4, 0.5) is 4.79 Å². The highest BCUT2D eigenvalue weighted by molar-refractivity contribution is 5.75. The fourth-order valence-electron chi connectivity index (χ4n) is 3.50. The average Bonchev–Trinajstić information content (AvgIpc) is 2.69. The van der Waals surface area contributed by atoms with Crippen molar-refractivity contribution in [1.29, 1.82) is 0 Å². The van der Waals surface area contributed by atoms with E-state index in [0.29, 0.717) is 0 Å². The number of carbonyl (C=O) groups is 1. The van der Waals surface area contributed by atoms with Crippen LogP contribution in [0.5, 0.6) is 0 Å². The van der Waals surface area contributed by atoms with Crippen molar-refractivity contribution in [3.05, 3.63) is 65.0 Å². The molecule has 144 valence electrons. The predicted molar refractivity (Wildman–Crippen MR) is 109 cm³/mol. The molecule has 1 aliphatic heterocycles. The maximum Gasteiger partial charge on any atom is 0.317 e. The molecule has 5 nitrogen and oxygen atoms in total. The monoisotopic (exact) mass is 366 g/mol. The number of hydrogen-bond donors (Lipinski definition) is 1. The van der Waals surface area contributed by atoms with Crippen LogP contribution in [0.1, 0.15) is 41.6 Å². The van der Waals surface area contributed by atoms with Crippen LogP contribution in [0.25, 0.3) is 0 Å². The Hall–Kier alpha value is -2.40. The van der Waals surface area contributed by atoms with Crippen molar-refractivity contribution in [2.45, 2.75) is 39.8 Å². The largest absolute Gasteiger partial charge is 0.331 e. The lowest BCUT2D eigenvalue weighted by molar-refractivity contribution is 0.133. The van der Waals surface area contributed by atoms with E-state index < -0.39 is 0 Å². The van der Waals surface area contributed by atoms with Gasteiger partial charge in [0.25, 0.3) is 0 Å². The molecule has 0 aliphatic carbocycles. The lowest BCUT2D eigenvalue weighted by atomic mass is 9.99. The first-order valence-corrected chi connectivity index (χ1v) is 9.80. The molecule has 1 unspecified atom stereocenters. The fraction of sp³-hybridized carbons (Fsp3) is 0.455. The molecule has 0 spiro atoms. The van der Waals surface area contributed by atoms with E-state index >= 15 is 0 Å². The molecule has 1 atom stereocenters. The van der Waals surface area contributed by atoms with Crippen molar-refractivity contribution in [3.8, 4) is 0 Å². The predicted octanol–water partition coefficient (Wildman–Crippen LogP) is 3.68.